The number of ether oxygens (including phenoxy) is 2. The highest BCUT2D eigenvalue weighted by molar-refractivity contribution is 5.75. The maximum absolute atomic E-state index is 12.6. The Labute approximate surface area is 313 Å². The van der Waals surface area contributed by atoms with E-state index in [2.05, 4.69) is 100 Å². The average Bonchev–Trinajstić information content (AvgIpc) is 3.22. The lowest BCUT2D eigenvalue weighted by Gasteiger charge is -2.44. The molecule has 0 radical (unpaired) electrons. The minimum Gasteiger partial charge on any atom is -0.392 e. The zero-order valence-electron chi connectivity index (χ0n) is 30.4. The maximum Gasteiger partial charge on any atom is 0.315 e. The zero-order chi connectivity index (χ0) is 36.4. The van der Waals surface area contributed by atoms with Gasteiger partial charge in [0.2, 0.25) is 0 Å². The molecule has 0 spiro atoms. The highest BCUT2D eigenvalue weighted by Gasteiger charge is 2.39. The van der Waals surface area contributed by atoms with Gasteiger partial charge in [-0.1, -0.05) is 140 Å². The molecule has 0 aliphatic carbocycles. The SMILES string of the molecule is C[C@H]1[C@@H](CN2CCN(Cc3ccccc3)CC2)O[C@@H](c2ccc(-c3ccccc3CNC(=O)NCc3ccccc3)cc2)O[C@H]1c1ccc(CO)cc1. The molecule has 0 saturated carbocycles. The predicted octanol–water partition coefficient (Wildman–Crippen LogP) is 7.45. The number of piperazine rings is 1. The van der Waals surface area contributed by atoms with Crippen molar-refractivity contribution in [2.45, 2.75) is 51.7 Å². The lowest BCUT2D eigenvalue weighted by Crippen LogP contribution is -2.51. The van der Waals surface area contributed by atoms with Crippen molar-refractivity contribution in [1.82, 2.24) is 20.4 Å². The van der Waals surface area contributed by atoms with E-state index in [1.807, 2.05) is 60.7 Å². The molecule has 3 N–H and O–H groups in total. The number of aliphatic hydroxyl groups excluding tert-OH is 1. The minimum atomic E-state index is -0.530. The normalized spacial score (nSPS) is 20.9. The summed E-state index contributed by atoms with van der Waals surface area (Å²) in [6.45, 7) is 8.99. The molecule has 5 aromatic carbocycles. The third-order valence-electron chi connectivity index (χ3n) is 10.5. The molecular formula is C45H50N4O4. The highest BCUT2D eigenvalue weighted by Crippen LogP contribution is 2.42. The molecule has 274 valence electrons. The Balaban J connectivity index is 1.02. The van der Waals surface area contributed by atoms with E-state index >= 15 is 0 Å². The number of hydrogen-bond acceptors (Lipinski definition) is 6. The van der Waals surface area contributed by atoms with Crippen LogP contribution >= 0.6 is 0 Å². The van der Waals surface area contributed by atoms with Crippen LogP contribution in [-0.2, 0) is 35.7 Å². The summed E-state index contributed by atoms with van der Waals surface area (Å²) in [5.41, 5.74) is 8.50. The third kappa shape index (κ3) is 9.59. The van der Waals surface area contributed by atoms with Crippen molar-refractivity contribution in [2.75, 3.05) is 32.7 Å². The zero-order valence-corrected chi connectivity index (χ0v) is 30.4. The fraction of sp³-hybridized carbons (Fsp3) is 0.311. The van der Waals surface area contributed by atoms with Gasteiger partial charge < -0.3 is 25.2 Å². The summed E-state index contributed by atoms with van der Waals surface area (Å²) in [4.78, 5) is 17.7. The van der Waals surface area contributed by atoms with Gasteiger partial charge in [0.15, 0.2) is 6.29 Å². The van der Waals surface area contributed by atoms with Gasteiger partial charge >= 0.3 is 6.03 Å². The second-order valence-electron chi connectivity index (χ2n) is 14.2. The molecule has 8 heteroatoms. The van der Waals surface area contributed by atoms with Crippen LogP contribution in [0.4, 0.5) is 4.79 Å². The minimum absolute atomic E-state index is 0.0129. The van der Waals surface area contributed by atoms with Crippen molar-refractivity contribution >= 4 is 6.03 Å². The molecule has 0 unspecified atom stereocenters. The Morgan fingerprint density at radius 3 is 1.96 bits per heavy atom. The Bertz CT molecular complexity index is 1880. The Morgan fingerprint density at radius 1 is 0.660 bits per heavy atom. The quantitative estimate of drug-likeness (QED) is 0.125. The first kappa shape index (κ1) is 36.5. The standard InChI is InChI=1S/C45H50N4O4/c1-33-42(31-49-26-24-48(25-27-49)30-35-12-6-3-7-13-35)52-44(53-43(33)38-18-16-36(32-50)17-19-38)39-22-20-37(21-23-39)41-15-9-8-14-40(41)29-47-45(51)46-28-34-10-4-2-5-11-34/h2-23,33,42-44,50H,24-32H2,1H3,(H2,46,47,51)/t33-,42+,43+,44+/m0/s1. The lowest BCUT2D eigenvalue weighted by molar-refractivity contribution is -0.276. The molecular weight excluding hydrogens is 661 g/mol. The number of aliphatic hydroxyl groups is 1. The number of amides is 2. The van der Waals surface area contributed by atoms with E-state index in [-0.39, 0.29) is 30.8 Å². The smallest absolute Gasteiger partial charge is 0.315 e. The molecule has 0 bridgehead atoms. The topological polar surface area (TPSA) is 86.3 Å². The molecule has 2 aliphatic rings. The van der Waals surface area contributed by atoms with Crippen molar-refractivity contribution in [1.29, 1.82) is 0 Å². The number of nitrogens with one attached hydrogen (secondary N) is 2. The van der Waals surface area contributed by atoms with Crippen molar-refractivity contribution in [2.24, 2.45) is 5.92 Å². The van der Waals surface area contributed by atoms with Crippen molar-refractivity contribution < 1.29 is 19.4 Å². The lowest BCUT2D eigenvalue weighted by atomic mass is 9.89. The fourth-order valence-electron chi connectivity index (χ4n) is 7.35. The van der Waals surface area contributed by atoms with Crippen molar-refractivity contribution in [3.8, 4) is 11.1 Å². The number of carbonyl (C=O) groups excluding carboxylic acids is 1. The summed E-state index contributed by atoms with van der Waals surface area (Å²) in [6, 6.07) is 45.1. The van der Waals surface area contributed by atoms with E-state index < -0.39 is 6.29 Å². The Kier molecular flexibility index (Phi) is 12.3. The molecule has 0 aromatic heterocycles. The summed E-state index contributed by atoms with van der Waals surface area (Å²) < 4.78 is 13.6. The number of nitrogens with zero attached hydrogens (tertiary/aromatic N) is 2. The number of benzene rings is 5. The number of urea groups is 1. The van der Waals surface area contributed by atoms with Gasteiger partial charge in [-0.05, 0) is 38.9 Å². The van der Waals surface area contributed by atoms with Crippen LogP contribution in [0.5, 0.6) is 0 Å². The van der Waals surface area contributed by atoms with Crippen LogP contribution in [0.15, 0.2) is 133 Å². The largest absolute Gasteiger partial charge is 0.392 e. The molecule has 2 aliphatic heterocycles. The van der Waals surface area contributed by atoms with E-state index in [0.717, 1.165) is 78.2 Å². The fourth-order valence-corrected chi connectivity index (χ4v) is 7.35. The second kappa shape index (κ2) is 17.8. The molecule has 5 aromatic rings. The number of hydrogen-bond donors (Lipinski definition) is 3. The van der Waals surface area contributed by atoms with E-state index in [1.54, 1.807) is 0 Å². The van der Waals surface area contributed by atoms with Crippen molar-refractivity contribution in [3.63, 3.8) is 0 Å². The van der Waals surface area contributed by atoms with Gasteiger partial charge in [-0.3, -0.25) is 9.80 Å². The second-order valence-corrected chi connectivity index (χ2v) is 14.2. The molecule has 2 heterocycles. The first-order valence-corrected chi connectivity index (χ1v) is 18.8. The van der Waals surface area contributed by atoms with Crippen LogP contribution in [0.1, 0.15) is 52.7 Å². The van der Waals surface area contributed by atoms with Gasteiger partial charge in [-0.25, -0.2) is 4.79 Å². The summed E-state index contributed by atoms with van der Waals surface area (Å²) in [6.07, 6.45) is -0.723. The van der Waals surface area contributed by atoms with Gasteiger partial charge in [0.1, 0.15) is 0 Å². The van der Waals surface area contributed by atoms with Gasteiger partial charge in [-0.15, -0.1) is 0 Å². The third-order valence-corrected chi connectivity index (χ3v) is 10.5. The first-order valence-electron chi connectivity index (χ1n) is 18.8. The molecule has 4 atom stereocenters. The van der Waals surface area contributed by atoms with E-state index in [4.69, 9.17) is 9.47 Å². The molecule has 2 amide bonds. The first-order chi connectivity index (χ1) is 26.0. The van der Waals surface area contributed by atoms with E-state index in [9.17, 15) is 9.90 Å². The summed E-state index contributed by atoms with van der Waals surface area (Å²) in [5, 5.41) is 15.6. The van der Waals surface area contributed by atoms with Crippen LogP contribution in [-0.4, -0.2) is 59.8 Å². The maximum atomic E-state index is 12.6. The summed E-state index contributed by atoms with van der Waals surface area (Å²) >= 11 is 0. The number of rotatable bonds is 12. The van der Waals surface area contributed by atoms with Gasteiger partial charge in [0, 0.05) is 63.8 Å². The van der Waals surface area contributed by atoms with Crippen LogP contribution < -0.4 is 10.6 Å². The van der Waals surface area contributed by atoms with E-state index in [0.29, 0.717) is 13.1 Å². The predicted molar refractivity (Wildman–Crippen MR) is 209 cm³/mol. The van der Waals surface area contributed by atoms with Gasteiger partial charge in [-0.2, -0.15) is 0 Å². The van der Waals surface area contributed by atoms with Crippen LogP contribution in [0.25, 0.3) is 11.1 Å². The van der Waals surface area contributed by atoms with Gasteiger partial charge in [0.05, 0.1) is 18.8 Å². The molecule has 53 heavy (non-hydrogen) atoms. The average molecular weight is 711 g/mol. The number of carbonyl (C=O) groups is 1. The highest BCUT2D eigenvalue weighted by atomic mass is 16.7. The van der Waals surface area contributed by atoms with Crippen LogP contribution in [0.2, 0.25) is 0 Å². The van der Waals surface area contributed by atoms with Gasteiger partial charge in [0.25, 0.3) is 0 Å². The Hall–Kier alpha value is -4.83. The summed E-state index contributed by atoms with van der Waals surface area (Å²) in [7, 11) is 0. The molecule has 2 fully saturated rings. The summed E-state index contributed by atoms with van der Waals surface area (Å²) in [5.74, 6) is 0.122. The van der Waals surface area contributed by atoms with Crippen molar-refractivity contribution in [3.05, 3.63) is 167 Å². The Morgan fingerprint density at radius 2 is 1.26 bits per heavy atom. The molecule has 2 saturated heterocycles. The van der Waals surface area contributed by atoms with E-state index in [1.165, 1.54) is 5.56 Å². The monoisotopic (exact) mass is 710 g/mol. The molecule has 7 rings (SSSR count). The van der Waals surface area contributed by atoms with Crippen LogP contribution in [0.3, 0.4) is 0 Å². The van der Waals surface area contributed by atoms with Crippen LogP contribution in [0, 0.1) is 5.92 Å². The molecule has 8 nitrogen and oxygen atoms in total.